The summed E-state index contributed by atoms with van der Waals surface area (Å²) in [5.74, 6) is -0.115. The second kappa shape index (κ2) is 6.08. The Morgan fingerprint density at radius 2 is 1.38 bits per heavy atom. The Balaban J connectivity index is 1.61. The fourth-order valence-corrected chi connectivity index (χ4v) is 2.64. The molecule has 1 amide bonds. The van der Waals surface area contributed by atoms with Gasteiger partial charge in [0.1, 0.15) is 0 Å². The Morgan fingerprint density at radius 3 is 2.12 bits per heavy atom. The van der Waals surface area contributed by atoms with E-state index in [4.69, 9.17) is 0 Å². The molecule has 0 radical (unpaired) electrons. The van der Waals surface area contributed by atoms with Crippen LogP contribution in [-0.2, 0) is 6.54 Å². The van der Waals surface area contributed by atoms with Crippen LogP contribution in [0.3, 0.4) is 0 Å². The molecule has 0 aliphatic heterocycles. The van der Waals surface area contributed by atoms with E-state index >= 15 is 0 Å². The van der Waals surface area contributed by atoms with E-state index in [-0.39, 0.29) is 5.91 Å². The predicted octanol–water partition coefficient (Wildman–Crippen LogP) is 3.71. The van der Waals surface area contributed by atoms with Crippen LogP contribution in [0.4, 0.5) is 0 Å². The van der Waals surface area contributed by atoms with Crippen LogP contribution in [0.2, 0.25) is 0 Å². The van der Waals surface area contributed by atoms with Crippen molar-refractivity contribution in [2.24, 2.45) is 0 Å². The van der Waals surface area contributed by atoms with Crippen LogP contribution in [0.15, 0.2) is 72.8 Å². The number of nitrogens with one attached hydrogen (secondary N) is 1. The van der Waals surface area contributed by atoms with E-state index in [1.54, 1.807) is 12.1 Å². The first-order valence-electron chi connectivity index (χ1n) is 7.78. The molecule has 24 heavy (non-hydrogen) atoms. The molecule has 0 aliphatic rings. The number of hydrogen-bond acceptors (Lipinski definition) is 3. The molecule has 3 aromatic carbocycles. The van der Waals surface area contributed by atoms with Crippen LogP contribution in [-0.4, -0.2) is 15.9 Å². The minimum atomic E-state index is -0.115. The number of fused-ring (bicyclic) bond motifs is 2. The summed E-state index contributed by atoms with van der Waals surface area (Å²) in [6.07, 6.45) is 0. The molecule has 0 spiro atoms. The van der Waals surface area contributed by atoms with Crippen molar-refractivity contribution in [3.05, 3.63) is 83.9 Å². The van der Waals surface area contributed by atoms with Gasteiger partial charge in [0.25, 0.3) is 5.91 Å². The molecule has 4 aromatic rings. The highest BCUT2D eigenvalue weighted by Gasteiger charge is 2.08. The lowest BCUT2D eigenvalue weighted by atomic mass is 10.1. The highest BCUT2D eigenvalue weighted by molar-refractivity contribution is 5.98. The molecule has 1 N–H and O–H groups in total. The van der Waals surface area contributed by atoms with Crippen molar-refractivity contribution in [3.8, 4) is 0 Å². The summed E-state index contributed by atoms with van der Waals surface area (Å²) >= 11 is 0. The van der Waals surface area contributed by atoms with E-state index < -0.39 is 0 Å². The van der Waals surface area contributed by atoms with E-state index in [2.05, 4.69) is 15.3 Å². The van der Waals surface area contributed by atoms with Gasteiger partial charge in [-0.2, -0.15) is 0 Å². The fourth-order valence-electron chi connectivity index (χ4n) is 2.64. The van der Waals surface area contributed by atoms with E-state index in [1.165, 1.54) is 0 Å². The molecule has 0 fully saturated rings. The number of para-hydroxylation sites is 2. The van der Waals surface area contributed by atoms with Crippen molar-refractivity contribution in [3.63, 3.8) is 0 Å². The zero-order valence-corrected chi connectivity index (χ0v) is 12.9. The summed E-state index contributed by atoms with van der Waals surface area (Å²) in [4.78, 5) is 21.5. The number of carbonyl (C=O) groups is 1. The van der Waals surface area contributed by atoms with Crippen molar-refractivity contribution in [2.45, 2.75) is 6.54 Å². The Hall–Kier alpha value is -3.27. The molecule has 116 valence electrons. The van der Waals surface area contributed by atoms with Crippen LogP contribution < -0.4 is 5.32 Å². The normalized spacial score (nSPS) is 10.8. The van der Waals surface area contributed by atoms with E-state index in [1.807, 2.05) is 60.7 Å². The average Bonchev–Trinajstić information content (AvgIpc) is 2.64. The Bertz CT molecular complexity index is 1030. The summed E-state index contributed by atoms with van der Waals surface area (Å²) in [7, 11) is 0. The molecule has 0 atom stereocenters. The van der Waals surface area contributed by atoms with Gasteiger partial charge in [-0.25, -0.2) is 9.97 Å². The summed E-state index contributed by atoms with van der Waals surface area (Å²) < 4.78 is 0. The molecule has 1 aromatic heterocycles. The lowest BCUT2D eigenvalue weighted by Gasteiger charge is -2.07. The summed E-state index contributed by atoms with van der Waals surface area (Å²) in [6, 6.07) is 23.0. The number of carbonyl (C=O) groups excluding carboxylic acids is 1. The quantitative estimate of drug-likeness (QED) is 0.587. The van der Waals surface area contributed by atoms with Gasteiger partial charge in [-0.3, -0.25) is 4.79 Å². The minimum absolute atomic E-state index is 0.115. The number of rotatable bonds is 3. The van der Waals surface area contributed by atoms with E-state index in [9.17, 15) is 4.79 Å². The Kier molecular flexibility index (Phi) is 3.63. The van der Waals surface area contributed by atoms with Crippen molar-refractivity contribution < 1.29 is 4.79 Å². The summed E-state index contributed by atoms with van der Waals surface area (Å²) in [6.45, 7) is 0.501. The van der Waals surface area contributed by atoms with Crippen LogP contribution in [0, 0.1) is 0 Å². The first-order chi connectivity index (χ1) is 11.8. The molecule has 0 saturated heterocycles. The number of hydrogen-bond donors (Lipinski definition) is 1. The van der Waals surface area contributed by atoms with Gasteiger partial charge in [-0.1, -0.05) is 42.5 Å². The third-order valence-electron chi connectivity index (χ3n) is 3.90. The average molecular weight is 313 g/mol. The van der Waals surface area contributed by atoms with Gasteiger partial charge in [0.15, 0.2) is 0 Å². The molecule has 1 heterocycles. The topological polar surface area (TPSA) is 54.9 Å². The standard InChI is InChI=1S/C20H15N3O/c24-20(21-13-14-6-2-1-3-7-14)15-10-11-18-19(12-15)23-17-9-5-4-8-16(17)22-18/h1-12H,13H2,(H,21,24). The minimum Gasteiger partial charge on any atom is -0.348 e. The number of amides is 1. The van der Waals surface area contributed by atoms with E-state index in [0.29, 0.717) is 12.1 Å². The van der Waals surface area contributed by atoms with Gasteiger partial charge in [0.05, 0.1) is 22.1 Å². The lowest BCUT2D eigenvalue weighted by molar-refractivity contribution is 0.0951. The Morgan fingerprint density at radius 1 is 0.750 bits per heavy atom. The predicted molar refractivity (Wildman–Crippen MR) is 94.7 cm³/mol. The van der Waals surface area contributed by atoms with Gasteiger partial charge < -0.3 is 5.32 Å². The third-order valence-corrected chi connectivity index (χ3v) is 3.90. The number of nitrogens with zero attached hydrogens (tertiary/aromatic N) is 2. The highest BCUT2D eigenvalue weighted by atomic mass is 16.1. The first-order valence-corrected chi connectivity index (χ1v) is 7.78. The van der Waals surface area contributed by atoms with Gasteiger partial charge in [-0.05, 0) is 35.9 Å². The second-order valence-electron chi connectivity index (χ2n) is 5.58. The molecule has 0 aliphatic carbocycles. The van der Waals surface area contributed by atoms with Crippen molar-refractivity contribution >= 4 is 28.0 Å². The van der Waals surface area contributed by atoms with Gasteiger partial charge >= 0.3 is 0 Å². The molecule has 0 saturated carbocycles. The van der Waals surface area contributed by atoms with Crippen molar-refractivity contribution in [1.82, 2.24) is 15.3 Å². The molecule has 0 unspecified atom stereocenters. The molecule has 0 bridgehead atoms. The second-order valence-corrected chi connectivity index (χ2v) is 5.58. The smallest absolute Gasteiger partial charge is 0.251 e. The van der Waals surface area contributed by atoms with Crippen LogP contribution >= 0.6 is 0 Å². The monoisotopic (exact) mass is 313 g/mol. The van der Waals surface area contributed by atoms with Gasteiger partial charge in [-0.15, -0.1) is 0 Å². The fraction of sp³-hybridized carbons (Fsp3) is 0.0500. The number of aromatic nitrogens is 2. The van der Waals surface area contributed by atoms with Gasteiger partial charge in [0.2, 0.25) is 0 Å². The summed E-state index contributed by atoms with van der Waals surface area (Å²) in [5.41, 5.74) is 4.84. The lowest BCUT2D eigenvalue weighted by Crippen LogP contribution is -2.22. The van der Waals surface area contributed by atoms with Crippen LogP contribution in [0.5, 0.6) is 0 Å². The zero-order valence-electron chi connectivity index (χ0n) is 12.9. The molecular weight excluding hydrogens is 298 g/mol. The first kappa shape index (κ1) is 14.3. The van der Waals surface area contributed by atoms with E-state index in [0.717, 1.165) is 27.6 Å². The third kappa shape index (κ3) is 2.82. The maximum Gasteiger partial charge on any atom is 0.251 e. The molecule has 4 nitrogen and oxygen atoms in total. The molecular formula is C20H15N3O. The van der Waals surface area contributed by atoms with Crippen molar-refractivity contribution in [2.75, 3.05) is 0 Å². The summed E-state index contributed by atoms with van der Waals surface area (Å²) in [5, 5.41) is 2.93. The Labute approximate surface area is 139 Å². The maximum atomic E-state index is 12.4. The number of benzene rings is 3. The van der Waals surface area contributed by atoms with Gasteiger partial charge in [0, 0.05) is 12.1 Å². The largest absolute Gasteiger partial charge is 0.348 e. The van der Waals surface area contributed by atoms with Crippen LogP contribution in [0.25, 0.3) is 22.1 Å². The SMILES string of the molecule is O=C(NCc1ccccc1)c1ccc2nc3ccccc3nc2c1. The van der Waals surface area contributed by atoms with Crippen molar-refractivity contribution in [1.29, 1.82) is 0 Å². The van der Waals surface area contributed by atoms with Crippen LogP contribution in [0.1, 0.15) is 15.9 Å². The highest BCUT2D eigenvalue weighted by Crippen LogP contribution is 2.17. The molecule has 4 heteroatoms. The molecule has 4 rings (SSSR count). The maximum absolute atomic E-state index is 12.4. The zero-order chi connectivity index (χ0) is 16.4.